The molecule has 106 valence electrons. The summed E-state index contributed by atoms with van der Waals surface area (Å²) in [6, 6.07) is 4.93. The minimum atomic E-state index is -0.539. The van der Waals surface area contributed by atoms with Crippen molar-refractivity contribution < 1.29 is 9.18 Å². The first-order valence-corrected chi connectivity index (χ1v) is 6.76. The van der Waals surface area contributed by atoms with Gasteiger partial charge in [0.05, 0.1) is 5.56 Å². The number of halogens is 1. The molecule has 1 aromatic rings. The minimum absolute atomic E-state index is 0.00327. The SMILES string of the molecule is Cc1c(N2C(=O)C(C)(C)[C@@H](C)[C@@H]2C)ccc(C#N)c1F. The van der Waals surface area contributed by atoms with Gasteiger partial charge in [-0.25, -0.2) is 4.39 Å². The van der Waals surface area contributed by atoms with Gasteiger partial charge in [-0.2, -0.15) is 5.26 Å². The van der Waals surface area contributed by atoms with E-state index in [9.17, 15) is 9.18 Å². The normalized spacial score (nSPS) is 24.9. The van der Waals surface area contributed by atoms with Crippen molar-refractivity contribution in [3.8, 4) is 6.07 Å². The van der Waals surface area contributed by atoms with Crippen LogP contribution in [0.2, 0.25) is 0 Å². The minimum Gasteiger partial charge on any atom is -0.309 e. The predicted octanol–water partition coefficient (Wildman–Crippen LogP) is 3.40. The summed E-state index contributed by atoms with van der Waals surface area (Å²) >= 11 is 0. The molecule has 0 N–H and O–H groups in total. The van der Waals surface area contributed by atoms with Crippen LogP contribution in [0.5, 0.6) is 0 Å². The fourth-order valence-electron chi connectivity index (χ4n) is 2.87. The first-order valence-electron chi connectivity index (χ1n) is 6.76. The van der Waals surface area contributed by atoms with Crippen LogP contribution in [0.15, 0.2) is 12.1 Å². The second-order valence-electron chi connectivity index (χ2n) is 6.11. The lowest BCUT2D eigenvalue weighted by molar-refractivity contribution is -0.125. The number of amides is 1. The Kier molecular flexibility index (Phi) is 3.33. The van der Waals surface area contributed by atoms with Crippen LogP contribution < -0.4 is 4.90 Å². The average molecular weight is 274 g/mol. The van der Waals surface area contributed by atoms with Crippen molar-refractivity contribution in [2.24, 2.45) is 11.3 Å². The molecule has 0 saturated carbocycles. The van der Waals surface area contributed by atoms with E-state index in [1.807, 2.05) is 33.8 Å². The molecule has 3 nitrogen and oxygen atoms in total. The molecule has 1 fully saturated rings. The van der Waals surface area contributed by atoms with E-state index in [-0.39, 0.29) is 23.4 Å². The van der Waals surface area contributed by atoms with E-state index >= 15 is 0 Å². The van der Waals surface area contributed by atoms with E-state index in [0.717, 1.165) is 0 Å². The Balaban J connectivity index is 2.56. The maximum atomic E-state index is 14.1. The fourth-order valence-corrected chi connectivity index (χ4v) is 2.87. The van der Waals surface area contributed by atoms with E-state index < -0.39 is 11.2 Å². The lowest BCUT2D eigenvalue weighted by atomic mass is 9.80. The van der Waals surface area contributed by atoms with Crippen molar-refractivity contribution in [3.63, 3.8) is 0 Å². The van der Waals surface area contributed by atoms with Crippen molar-refractivity contribution in [1.29, 1.82) is 5.26 Å². The first kappa shape index (κ1) is 14.5. The lowest BCUT2D eigenvalue weighted by Gasteiger charge is -2.25. The highest BCUT2D eigenvalue weighted by molar-refractivity contribution is 6.01. The molecule has 0 aliphatic carbocycles. The zero-order valence-electron chi connectivity index (χ0n) is 12.5. The van der Waals surface area contributed by atoms with Gasteiger partial charge in [0, 0.05) is 22.7 Å². The van der Waals surface area contributed by atoms with Crippen LogP contribution in [0.4, 0.5) is 10.1 Å². The number of rotatable bonds is 1. The topological polar surface area (TPSA) is 44.1 Å². The molecular weight excluding hydrogens is 255 g/mol. The summed E-state index contributed by atoms with van der Waals surface area (Å²) < 4.78 is 14.1. The van der Waals surface area contributed by atoms with Gasteiger partial charge >= 0.3 is 0 Å². The standard InChI is InChI=1S/C16H19FN2O/c1-9-13(7-6-12(8-18)14(9)17)19-11(3)10(2)16(4,5)15(19)20/h6-7,10-11H,1-5H3/t10-,11-/m0/s1. The van der Waals surface area contributed by atoms with Crippen molar-refractivity contribution in [2.75, 3.05) is 4.90 Å². The monoisotopic (exact) mass is 274 g/mol. The molecule has 0 bridgehead atoms. The van der Waals surface area contributed by atoms with Crippen molar-refractivity contribution in [1.82, 2.24) is 0 Å². The summed E-state index contributed by atoms with van der Waals surface area (Å²) in [4.78, 5) is 14.3. The van der Waals surface area contributed by atoms with Gasteiger partial charge < -0.3 is 4.90 Å². The van der Waals surface area contributed by atoms with Crippen molar-refractivity contribution >= 4 is 11.6 Å². The van der Waals surface area contributed by atoms with Crippen molar-refractivity contribution in [3.05, 3.63) is 29.1 Å². The van der Waals surface area contributed by atoms with Gasteiger partial charge in [0.25, 0.3) is 0 Å². The molecule has 1 heterocycles. The van der Waals surface area contributed by atoms with Crippen LogP contribution in [-0.4, -0.2) is 11.9 Å². The molecule has 20 heavy (non-hydrogen) atoms. The highest BCUT2D eigenvalue weighted by Gasteiger charge is 2.50. The molecule has 2 atom stereocenters. The van der Waals surface area contributed by atoms with Gasteiger partial charge in [-0.15, -0.1) is 0 Å². The van der Waals surface area contributed by atoms with E-state index in [1.165, 1.54) is 6.07 Å². The van der Waals surface area contributed by atoms with Gasteiger partial charge in [0.1, 0.15) is 11.9 Å². The Morgan fingerprint density at radius 1 is 1.35 bits per heavy atom. The second-order valence-corrected chi connectivity index (χ2v) is 6.11. The number of hydrogen-bond acceptors (Lipinski definition) is 2. The van der Waals surface area contributed by atoms with E-state index in [0.29, 0.717) is 11.3 Å². The van der Waals surface area contributed by atoms with Gasteiger partial charge in [-0.3, -0.25) is 4.79 Å². The number of anilines is 1. The molecular formula is C16H19FN2O. The van der Waals surface area contributed by atoms with E-state index in [4.69, 9.17) is 5.26 Å². The van der Waals surface area contributed by atoms with E-state index in [1.54, 1.807) is 17.9 Å². The summed E-state index contributed by atoms with van der Waals surface area (Å²) in [5.41, 5.74) is 0.472. The second kappa shape index (κ2) is 4.59. The summed E-state index contributed by atoms with van der Waals surface area (Å²) in [5, 5.41) is 8.86. The smallest absolute Gasteiger partial charge is 0.233 e. The Bertz CT molecular complexity index is 616. The highest BCUT2D eigenvalue weighted by Crippen LogP contribution is 2.44. The maximum absolute atomic E-state index is 14.1. The van der Waals surface area contributed by atoms with E-state index in [2.05, 4.69) is 0 Å². The molecule has 0 radical (unpaired) electrons. The lowest BCUT2D eigenvalue weighted by Crippen LogP contribution is -2.34. The summed E-state index contributed by atoms with van der Waals surface area (Å²) in [5.74, 6) is -0.361. The molecule has 1 amide bonds. The molecule has 1 saturated heterocycles. The molecule has 0 aromatic heterocycles. The maximum Gasteiger partial charge on any atom is 0.233 e. The highest BCUT2D eigenvalue weighted by atomic mass is 19.1. The van der Waals surface area contributed by atoms with Gasteiger partial charge in [0.2, 0.25) is 5.91 Å². The molecule has 2 rings (SSSR count). The number of carbonyl (C=O) groups excluding carboxylic acids is 1. The van der Waals surface area contributed by atoms with Gasteiger partial charge in [-0.1, -0.05) is 20.8 Å². The molecule has 0 spiro atoms. The van der Waals surface area contributed by atoms with Crippen LogP contribution in [-0.2, 0) is 4.79 Å². The summed E-state index contributed by atoms with van der Waals surface area (Å²) in [7, 11) is 0. The van der Waals surface area contributed by atoms with Crippen molar-refractivity contribution in [2.45, 2.75) is 40.7 Å². The van der Waals surface area contributed by atoms with Gasteiger partial charge in [0.15, 0.2) is 0 Å². The Morgan fingerprint density at radius 3 is 2.40 bits per heavy atom. The molecule has 0 unspecified atom stereocenters. The zero-order valence-corrected chi connectivity index (χ0v) is 12.5. The average Bonchev–Trinajstić information content (AvgIpc) is 2.55. The quantitative estimate of drug-likeness (QED) is 0.787. The number of hydrogen-bond donors (Lipinski definition) is 0. The van der Waals surface area contributed by atoms with Crippen LogP contribution in [0.25, 0.3) is 0 Å². The third kappa shape index (κ3) is 1.81. The first-order chi connectivity index (χ1) is 9.23. The Morgan fingerprint density at radius 2 is 1.95 bits per heavy atom. The molecule has 1 aliphatic rings. The fraction of sp³-hybridized carbons (Fsp3) is 0.500. The third-order valence-electron chi connectivity index (χ3n) is 4.78. The van der Waals surface area contributed by atoms with Crippen LogP contribution in [0.1, 0.15) is 38.8 Å². The van der Waals surface area contributed by atoms with Gasteiger partial charge in [-0.05, 0) is 31.9 Å². The molecule has 4 heteroatoms. The third-order valence-corrected chi connectivity index (χ3v) is 4.78. The zero-order chi connectivity index (χ0) is 15.2. The summed E-state index contributed by atoms with van der Waals surface area (Å²) in [6.45, 7) is 9.48. The predicted molar refractivity (Wildman–Crippen MR) is 75.7 cm³/mol. The largest absolute Gasteiger partial charge is 0.309 e. The Hall–Kier alpha value is -1.89. The summed E-state index contributed by atoms with van der Waals surface area (Å²) in [6.07, 6.45) is 0. The van der Waals surface area contributed by atoms with Crippen LogP contribution in [0.3, 0.4) is 0 Å². The number of nitrogens with zero attached hydrogens (tertiary/aromatic N) is 2. The van der Waals surface area contributed by atoms with Crippen LogP contribution in [0, 0.1) is 35.4 Å². The molecule has 1 aromatic carbocycles. The van der Waals surface area contributed by atoms with Crippen LogP contribution >= 0.6 is 0 Å². The number of carbonyl (C=O) groups is 1. The molecule has 1 aliphatic heterocycles. The Labute approximate surface area is 119 Å². The number of nitriles is 1. The number of benzene rings is 1.